The van der Waals surface area contributed by atoms with Crippen molar-refractivity contribution >= 4 is 5.97 Å². The highest BCUT2D eigenvalue weighted by atomic mass is 16.5. The molecule has 1 unspecified atom stereocenters. The Morgan fingerprint density at radius 3 is 2.54 bits per heavy atom. The van der Waals surface area contributed by atoms with Gasteiger partial charge in [-0.1, -0.05) is 12.1 Å². The van der Waals surface area contributed by atoms with Gasteiger partial charge in [-0.3, -0.25) is 4.79 Å². The maximum atomic E-state index is 10.8. The van der Waals surface area contributed by atoms with Gasteiger partial charge in [-0.2, -0.15) is 0 Å². The average molecular weight is 178 g/mol. The summed E-state index contributed by atoms with van der Waals surface area (Å²) < 4.78 is 4.85. The fraction of sp³-hybridized carbons (Fsp3) is 0.300. The SMILES string of the molecule is O=C1CC(c2ccc(O)cc2)CO1. The number of cyclic esters (lactones) is 1. The molecule has 0 amide bonds. The maximum absolute atomic E-state index is 10.8. The number of phenols is 1. The highest BCUT2D eigenvalue weighted by Gasteiger charge is 2.24. The topological polar surface area (TPSA) is 46.5 Å². The van der Waals surface area contributed by atoms with Crippen LogP contribution in [0.2, 0.25) is 0 Å². The molecule has 0 aliphatic carbocycles. The van der Waals surface area contributed by atoms with Crippen LogP contribution in [0.5, 0.6) is 5.75 Å². The second-order valence-electron chi connectivity index (χ2n) is 3.18. The van der Waals surface area contributed by atoms with E-state index in [9.17, 15) is 4.79 Å². The highest BCUT2D eigenvalue weighted by Crippen LogP contribution is 2.26. The van der Waals surface area contributed by atoms with Gasteiger partial charge < -0.3 is 9.84 Å². The summed E-state index contributed by atoms with van der Waals surface area (Å²) in [6.07, 6.45) is 0.449. The Labute approximate surface area is 76.0 Å². The van der Waals surface area contributed by atoms with Crippen LogP contribution in [0.3, 0.4) is 0 Å². The fourth-order valence-electron chi connectivity index (χ4n) is 1.47. The van der Waals surface area contributed by atoms with Crippen molar-refractivity contribution in [2.45, 2.75) is 12.3 Å². The van der Waals surface area contributed by atoms with E-state index in [2.05, 4.69) is 0 Å². The van der Waals surface area contributed by atoms with Gasteiger partial charge in [0.15, 0.2) is 0 Å². The molecule has 1 aliphatic heterocycles. The molecule has 0 bridgehead atoms. The maximum Gasteiger partial charge on any atom is 0.306 e. The van der Waals surface area contributed by atoms with E-state index < -0.39 is 0 Å². The van der Waals surface area contributed by atoms with Crippen LogP contribution in [0.1, 0.15) is 17.9 Å². The van der Waals surface area contributed by atoms with Gasteiger partial charge in [-0.25, -0.2) is 0 Å². The molecule has 1 atom stereocenters. The van der Waals surface area contributed by atoms with Gasteiger partial charge in [-0.05, 0) is 17.7 Å². The number of ether oxygens (including phenoxy) is 1. The van der Waals surface area contributed by atoms with Crippen LogP contribution in [0, 0.1) is 0 Å². The molecule has 3 heteroatoms. The van der Waals surface area contributed by atoms with Crippen LogP contribution in [-0.2, 0) is 9.53 Å². The van der Waals surface area contributed by atoms with Gasteiger partial charge in [0, 0.05) is 5.92 Å². The van der Waals surface area contributed by atoms with Gasteiger partial charge in [0.1, 0.15) is 5.75 Å². The lowest BCUT2D eigenvalue weighted by Gasteiger charge is -2.05. The smallest absolute Gasteiger partial charge is 0.306 e. The van der Waals surface area contributed by atoms with Crippen LogP contribution in [0.15, 0.2) is 24.3 Å². The predicted octanol–water partition coefficient (Wildman–Crippen LogP) is 1.42. The van der Waals surface area contributed by atoms with Crippen molar-refractivity contribution in [3.63, 3.8) is 0 Å². The summed E-state index contributed by atoms with van der Waals surface area (Å²) in [5.74, 6) is 0.264. The molecule has 1 aliphatic rings. The van der Waals surface area contributed by atoms with E-state index in [-0.39, 0.29) is 17.6 Å². The molecule has 0 spiro atoms. The first-order valence-electron chi connectivity index (χ1n) is 4.20. The van der Waals surface area contributed by atoms with Crippen molar-refractivity contribution in [3.8, 4) is 5.75 Å². The fourth-order valence-corrected chi connectivity index (χ4v) is 1.47. The number of benzene rings is 1. The summed E-state index contributed by atoms with van der Waals surface area (Å²) in [5, 5.41) is 9.05. The van der Waals surface area contributed by atoms with E-state index >= 15 is 0 Å². The Morgan fingerprint density at radius 2 is 2.00 bits per heavy atom. The Kier molecular flexibility index (Phi) is 1.93. The number of esters is 1. The van der Waals surface area contributed by atoms with Gasteiger partial charge >= 0.3 is 5.97 Å². The quantitative estimate of drug-likeness (QED) is 0.661. The monoisotopic (exact) mass is 178 g/mol. The summed E-state index contributed by atoms with van der Waals surface area (Å²) in [5.41, 5.74) is 1.05. The number of aromatic hydroxyl groups is 1. The van der Waals surface area contributed by atoms with E-state index in [1.54, 1.807) is 12.1 Å². The van der Waals surface area contributed by atoms with E-state index in [0.717, 1.165) is 5.56 Å². The zero-order valence-corrected chi connectivity index (χ0v) is 7.06. The molecule has 0 saturated carbocycles. The Hall–Kier alpha value is -1.51. The Bertz CT molecular complexity index is 315. The third-order valence-electron chi connectivity index (χ3n) is 2.22. The van der Waals surface area contributed by atoms with E-state index in [1.165, 1.54) is 0 Å². The Morgan fingerprint density at radius 1 is 1.31 bits per heavy atom. The molecule has 1 heterocycles. The number of carbonyl (C=O) groups excluding carboxylic acids is 1. The summed E-state index contributed by atoms with van der Waals surface area (Å²) in [6.45, 7) is 0.462. The molecule has 13 heavy (non-hydrogen) atoms. The third-order valence-corrected chi connectivity index (χ3v) is 2.22. The molecule has 1 aromatic rings. The number of carbonyl (C=O) groups is 1. The molecule has 0 aromatic heterocycles. The van der Waals surface area contributed by atoms with E-state index in [1.807, 2.05) is 12.1 Å². The van der Waals surface area contributed by atoms with Crippen molar-refractivity contribution < 1.29 is 14.6 Å². The van der Waals surface area contributed by atoms with E-state index in [0.29, 0.717) is 13.0 Å². The molecule has 1 fully saturated rings. The van der Waals surface area contributed by atoms with Crippen LogP contribution >= 0.6 is 0 Å². The number of hydrogen-bond acceptors (Lipinski definition) is 3. The molecule has 2 rings (SSSR count). The Balaban J connectivity index is 2.17. The summed E-state index contributed by atoms with van der Waals surface area (Å²) in [7, 11) is 0. The molecule has 0 radical (unpaired) electrons. The lowest BCUT2D eigenvalue weighted by Crippen LogP contribution is -1.96. The molecule has 1 saturated heterocycles. The van der Waals surface area contributed by atoms with Crippen LogP contribution in [0.4, 0.5) is 0 Å². The van der Waals surface area contributed by atoms with Gasteiger partial charge in [0.2, 0.25) is 0 Å². The number of rotatable bonds is 1. The van der Waals surface area contributed by atoms with Crippen LogP contribution in [-0.4, -0.2) is 17.7 Å². The first kappa shape index (κ1) is 8.10. The normalized spacial score (nSPS) is 21.5. The highest BCUT2D eigenvalue weighted by molar-refractivity contribution is 5.72. The summed E-state index contributed by atoms with van der Waals surface area (Å²) in [6, 6.07) is 6.89. The van der Waals surface area contributed by atoms with Crippen LogP contribution < -0.4 is 0 Å². The van der Waals surface area contributed by atoms with Gasteiger partial charge in [-0.15, -0.1) is 0 Å². The largest absolute Gasteiger partial charge is 0.508 e. The predicted molar refractivity (Wildman–Crippen MR) is 46.4 cm³/mol. The molecule has 3 nitrogen and oxygen atoms in total. The zero-order chi connectivity index (χ0) is 9.26. The number of hydrogen-bond donors (Lipinski definition) is 1. The van der Waals surface area contributed by atoms with Gasteiger partial charge in [0.05, 0.1) is 13.0 Å². The average Bonchev–Trinajstić information content (AvgIpc) is 2.53. The first-order chi connectivity index (χ1) is 6.25. The van der Waals surface area contributed by atoms with Crippen LogP contribution in [0.25, 0.3) is 0 Å². The van der Waals surface area contributed by atoms with Crippen molar-refractivity contribution in [1.29, 1.82) is 0 Å². The van der Waals surface area contributed by atoms with E-state index in [4.69, 9.17) is 9.84 Å². The third kappa shape index (κ3) is 1.64. The second kappa shape index (κ2) is 3.09. The van der Waals surface area contributed by atoms with Crippen molar-refractivity contribution in [2.75, 3.05) is 6.61 Å². The zero-order valence-electron chi connectivity index (χ0n) is 7.06. The lowest BCUT2D eigenvalue weighted by atomic mass is 9.98. The summed E-state index contributed by atoms with van der Waals surface area (Å²) >= 11 is 0. The molecular weight excluding hydrogens is 168 g/mol. The standard InChI is InChI=1S/C10H10O3/c11-9-3-1-7(2-4-9)8-5-10(12)13-6-8/h1-4,8,11H,5-6H2. The summed E-state index contributed by atoms with van der Waals surface area (Å²) in [4.78, 5) is 10.8. The lowest BCUT2D eigenvalue weighted by molar-refractivity contribution is -0.137. The van der Waals surface area contributed by atoms with Crippen molar-refractivity contribution in [1.82, 2.24) is 0 Å². The molecular formula is C10H10O3. The minimum Gasteiger partial charge on any atom is -0.508 e. The minimum absolute atomic E-state index is 0.141. The first-order valence-corrected chi connectivity index (χ1v) is 4.20. The van der Waals surface area contributed by atoms with Gasteiger partial charge in [0.25, 0.3) is 0 Å². The van der Waals surface area contributed by atoms with Crippen molar-refractivity contribution in [3.05, 3.63) is 29.8 Å². The molecule has 1 aromatic carbocycles. The number of phenolic OH excluding ortho intramolecular Hbond substituents is 1. The molecule has 68 valence electrons. The molecule has 1 N–H and O–H groups in total. The minimum atomic E-state index is -0.141. The van der Waals surface area contributed by atoms with Crippen molar-refractivity contribution in [2.24, 2.45) is 0 Å². The second-order valence-corrected chi connectivity index (χ2v) is 3.18.